The van der Waals surface area contributed by atoms with Crippen molar-refractivity contribution in [2.45, 2.75) is 96.2 Å². The molecular formula is C40H48ClN3O4. The SMILES string of the molecule is COc1cc2c(cc1OCc1ccccc1)CCC(C)(CC(=O)NCCCCCCCNc1c3c(nc4cc(Cl)ccc14)CCCC3)O2. The molecular weight excluding hydrogens is 622 g/mol. The van der Waals surface area contributed by atoms with Gasteiger partial charge in [-0.05, 0) is 99.2 Å². The molecule has 0 saturated carbocycles. The summed E-state index contributed by atoms with van der Waals surface area (Å²) in [5, 5.41) is 8.79. The Morgan fingerprint density at radius 1 is 0.938 bits per heavy atom. The van der Waals surface area contributed by atoms with Crippen LogP contribution in [0.2, 0.25) is 5.02 Å². The summed E-state index contributed by atoms with van der Waals surface area (Å²) in [7, 11) is 1.64. The minimum absolute atomic E-state index is 0.0362. The topological polar surface area (TPSA) is 81.7 Å². The van der Waals surface area contributed by atoms with Gasteiger partial charge in [0.1, 0.15) is 18.0 Å². The van der Waals surface area contributed by atoms with Crippen LogP contribution in [0.4, 0.5) is 5.69 Å². The van der Waals surface area contributed by atoms with Crippen molar-refractivity contribution >= 4 is 34.1 Å². The van der Waals surface area contributed by atoms with Crippen molar-refractivity contribution in [1.29, 1.82) is 0 Å². The number of benzene rings is 3. The molecule has 0 spiro atoms. The van der Waals surface area contributed by atoms with E-state index in [0.717, 1.165) is 91.7 Å². The van der Waals surface area contributed by atoms with Crippen LogP contribution in [-0.4, -0.2) is 36.7 Å². The second kappa shape index (κ2) is 16.0. The Morgan fingerprint density at radius 3 is 2.56 bits per heavy atom. The molecule has 1 atom stereocenters. The molecule has 2 N–H and O–H groups in total. The molecule has 2 aliphatic rings. The van der Waals surface area contributed by atoms with Crippen LogP contribution in [0.15, 0.2) is 60.7 Å². The van der Waals surface area contributed by atoms with Gasteiger partial charge in [0.15, 0.2) is 11.5 Å². The van der Waals surface area contributed by atoms with Gasteiger partial charge in [0.2, 0.25) is 5.91 Å². The second-order valence-corrected chi connectivity index (χ2v) is 13.9. The first-order valence-electron chi connectivity index (χ1n) is 17.6. The maximum atomic E-state index is 12.9. The van der Waals surface area contributed by atoms with Gasteiger partial charge in [-0.3, -0.25) is 9.78 Å². The number of pyridine rings is 1. The molecule has 0 bridgehead atoms. The Hall–Kier alpha value is -3.97. The zero-order chi connectivity index (χ0) is 33.3. The summed E-state index contributed by atoms with van der Waals surface area (Å²) in [6, 6.07) is 20.0. The highest BCUT2D eigenvalue weighted by molar-refractivity contribution is 6.31. The third-order valence-electron chi connectivity index (χ3n) is 9.60. The number of methoxy groups -OCH3 is 1. The summed E-state index contributed by atoms with van der Waals surface area (Å²) in [5.41, 5.74) is 6.47. The lowest BCUT2D eigenvalue weighted by molar-refractivity contribution is -0.125. The fraction of sp³-hybridized carbons (Fsp3) is 0.450. The minimum Gasteiger partial charge on any atom is -0.493 e. The zero-order valence-electron chi connectivity index (χ0n) is 28.3. The number of halogens is 1. The zero-order valence-corrected chi connectivity index (χ0v) is 29.1. The number of hydrogen-bond acceptors (Lipinski definition) is 6. The van der Waals surface area contributed by atoms with E-state index in [1.165, 1.54) is 35.2 Å². The number of carbonyl (C=O) groups is 1. The molecule has 0 fully saturated rings. The minimum atomic E-state index is -0.562. The number of aryl methyl sites for hydroxylation is 2. The molecule has 0 saturated heterocycles. The monoisotopic (exact) mass is 669 g/mol. The molecule has 3 aromatic carbocycles. The average molecular weight is 670 g/mol. The van der Waals surface area contributed by atoms with Crippen LogP contribution in [0.3, 0.4) is 0 Å². The third kappa shape index (κ3) is 8.54. The van der Waals surface area contributed by atoms with E-state index in [4.69, 9.17) is 30.8 Å². The van der Waals surface area contributed by atoms with E-state index in [0.29, 0.717) is 31.1 Å². The van der Waals surface area contributed by atoms with Gasteiger partial charge in [-0.1, -0.05) is 61.2 Å². The standard InChI is InChI=1S/C40H48ClN3O4/c1-40(20-19-29-23-37(36(46-2)25-35(29)48-40)47-27-28-13-7-6-8-14-28)26-38(45)42-21-11-4-3-5-12-22-43-39-31-15-9-10-16-33(31)44-34-24-30(41)17-18-32(34)39/h6-8,13-14,17-18,23-25H,3-5,9-12,15-16,19-22,26-27H2,1-2H3,(H,42,45)(H,43,44). The quantitative estimate of drug-likeness (QED) is 0.123. The van der Waals surface area contributed by atoms with Crippen LogP contribution in [0.5, 0.6) is 17.2 Å². The predicted octanol–water partition coefficient (Wildman–Crippen LogP) is 9.01. The van der Waals surface area contributed by atoms with Crippen LogP contribution in [0, 0.1) is 0 Å². The highest BCUT2D eigenvalue weighted by atomic mass is 35.5. The summed E-state index contributed by atoms with van der Waals surface area (Å²) in [5.74, 6) is 2.13. The molecule has 4 aromatic rings. The van der Waals surface area contributed by atoms with Gasteiger partial charge >= 0.3 is 0 Å². The van der Waals surface area contributed by atoms with E-state index in [1.807, 2.05) is 61.5 Å². The van der Waals surface area contributed by atoms with Crippen molar-refractivity contribution < 1.29 is 19.0 Å². The molecule has 254 valence electrons. The average Bonchev–Trinajstić information content (AvgIpc) is 3.09. The summed E-state index contributed by atoms with van der Waals surface area (Å²) in [6.07, 6.45) is 12.0. The predicted molar refractivity (Wildman–Crippen MR) is 194 cm³/mol. The first kappa shape index (κ1) is 33.9. The second-order valence-electron chi connectivity index (χ2n) is 13.4. The highest BCUT2D eigenvalue weighted by Gasteiger charge is 2.34. The maximum Gasteiger partial charge on any atom is 0.224 e. The van der Waals surface area contributed by atoms with Gasteiger partial charge in [0.25, 0.3) is 0 Å². The summed E-state index contributed by atoms with van der Waals surface area (Å²) in [4.78, 5) is 17.8. The first-order chi connectivity index (χ1) is 23.4. The molecule has 48 heavy (non-hydrogen) atoms. The van der Waals surface area contributed by atoms with Gasteiger partial charge in [-0.25, -0.2) is 0 Å². The molecule has 6 rings (SSSR count). The van der Waals surface area contributed by atoms with Gasteiger partial charge < -0.3 is 24.8 Å². The maximum absolute atomic E-state index is 12.9. The lowest BCUT2D eigenvalue weighted by Crippen LogP contribution is -2.41. The Morgan fingerprint density at radius 2 is 1.73 bits per heavy atom. The van der Waals surface area contributed by atoms with Crippen molar-refractivity contribution in [3.8, 4) is 17.2 Å². The number of aromatic nitrogens is 1. The van der Waals surface area contributed by atoms with E-state index in [2.05, 4.69) is 16.7 Å². The largest absolute Gasteiger partial charge is 0.493 e. The summed E-state index contributed by atoms with van der Waals surface area (Å²) in [6.45, 7) is 4.13. The third-order valence-corrected chi connectivity index (χ3v) is 9.84. The number of unbranched alkanes of at least 4 members (excludes halogenated alkanes) is 4. The number of fused-ring (bicyclic) bond motifs is 3. The van der Waals surface area contributed by atoms with Crippen molar-refractivity contribution in [3.63, 3.8) is 0 Å². The van der Waals surface area contributed by atoms with Gasteiger partial charge in [0.05, 0.1) is 19.0 Å². The van der Waals surface area contributed by atoms with E-state index in [1.54, 1.807) is 7.11 Å². The van der Waals surface area contributed by atoms with Crippen LogP contribution >= 0.6 is 11.6 Å². The fourth-order valence-electron chi connectivity index (χ4n) is 6.95. The Balaban J connectivity index is 0.895. The number of ether oxygens (including phenoxy) is 3. The van der Waals surface area contributed by atoms with Crippen molar-refractivity contribution in [2.24, 2.45) is 0 Å². The Kier molecular flexibility index (Phi) is 11.3. The summed E-state index contributed by atoms with van der Waals surface area (Å²) < 4.78 is 18.1. The molecule has 7 nitrogen and oxygen atoms in total. The highest BCUT2D eigenvalue weighted by Crippen LogP contribution is 2.42. The van der Waals surface area contributed by atoms with Crippen molar-refractivity contribution in [2.75, 3.05) is 25.5 Å². The van der Waals surface area contributed by atoms with Crippen LogP contribution in [-0.2, 0) is 30.7 Å². The molecule has 1 amide bonds. The van der Waals surface area contributed by atoms with Crippen molar-refractivity contribution in [3.05, 3.63) is 88.1 Å². The Bertz CT molecular complexity index is 1710. The van der Waals surface area contributed by atoms with Gasteiger partial charge in [0, 0.05) is 40.9 Å². The smallest absolute Gasteiger partial charge is 0.224 e. The lowest BCUT2D eigenvalue weighted by Gasteiger charge is -2.35. The molecule has 0 radical (unpaired) electrons. The number of rotatable bonds is 15. The number of carbonyl (C=O) groups excluding carboxylic acids is 1. The molecule has 1 aliphatic heterocycles. The number of hydrogen-bond donors (Lipinski definition) is 2. The van der Waals surface area contributed by atoms with E-state index < -0.39 is 5.60 Å². The number of nitrogens with one attached hydrogen (secondary N) is 2. The molecule has 8 heteroatoms. The lowest BCUT2D eigenvalue weighted by atomic mass is 9.89. The van der Waals surface area contributed by atoms with Crippen LogP contribution in [0.25, 0.3) is 10.9 Å². The molecule has 1 aromatic heterocycles. The molecule has 2 heterocycles. The summed E-state index contributed by atoms with van der Waals surface area (Å²) >= 11 is 6.28. The fourth-order valence-corrected chi connectivity index (χ4v) is 7.11. The molecule has 1 aliphatic carbocycles. The van der Waals surface area contributed by atoms with Crippen LogP contribution in [0.1, 0.15) is 87.1 Å². The van der Waals surface area contributed by atoms with E-state index in [9.17, 15) is 4.79 Å². The number of anilines is 1. The number of amides is 1. The molecule has 1 unspecified atom stereocenters. The van der Waals surface area contributed by atoms with Crippen molar-refractivity contribution in [1.82, 2.24) is 10.3 Å². The first-order valence-corrected chi connectivity index (χ1v) is 18.0. The van der Waals surface area contributed by atoms with Gasteiger partial charge in [-0.2, -0.15) is 0 Å². The van der Waals surface area contributed by atoms with Crippen LogP contribution < -0.4 is 24.8 Å². The normalized spacial score (nSPS) is 16.8. The van der Waals surface area contributed by atoms with E-state index in [-0.39, 0.29) is 5.91 Å². The Labute approximate surface area is 289 Å². The van der Waals surface area contributed by atoms with E-state index >= 15 is 0 Å². The van der Waals surface area contributed by atoms with Gasteiger partial charge in [-0.15, -0.1) is 0 Å². The number of nitrogens with zero attached hydrogens (tertiary/aromatic N) is 1.